The second kappa shape index (κ2) is 4.98. The second-order valence-corrected chi connectivity index (χ2v) is 4.70. The lowest BCUT2D eigenvalue weighted by molar-refractivity contribution is 0.504. The maximum absolute atomic E-state index is 13.8. The van der Waals surface area contributed by atoms with Crippen LogP contribution in [0.1, 0.15) is 13.0 Å². The predicted molar refractivity (Wildman–Crippen MR) is 69.1 cm³/mol. The summed E-state index contributed by atoms with van der Waals surface area (Å²) in [5, 5.41) is 4.23. The van der Waals surface area contributed by atoms with Gasteiger partial charge in [-0.1, -0.05) is 12.1 Å². The average Bonchev–Trinajstić information content (AvgIpc) is 2.71. The molecule has 0 saturated carbocycles. The van der Waals surface area contributed by atoms with Gasteiger partial charge in [0.05, 0.1) is 22.4 Å². The Morgan fingerprint density at radius 2 is 2.18 bits per heavy atom. The summed E-state index contributed by atoms with van der Waals surface area (Å²) >= 11 is 3.39. The highest BCUT2D eigenvalue weighted by Crippen LogP contribution is 2.31. The van der Waals surface area contributed by atoms with Crippen LogP contribution in [0.4, 0.5) is 4.39 Å². The summed E-state index contributed by atoms with van der Waals surface area (Å²) in [6.07, 6.45) is 1.66. The minimum absolute atomic E-state index is 0.0240. The Morgan fingerprint density at radius 1 is 1.47 bits per heavy atom. The Hall–Kier alpha value is -1.20. The van der Waals surface area contributed by atoms with Crippen molar-refractivity contribution in [1.82, 2.24) is 9.78 Å². The van der Waals surface area contributed by atoms with Gasteiger partial charge in [0, 0.05) is 12.1 Å². The molecule has 2 aromatic rings. The summed E-state index contributed by atoms with van der Waals surface area (Å²) in [6.45, 7) is 2.40. The zero-order valence-electron chi connectivity index (χ0n) is 9.40. The van der Waals surface area contributed by atoms with Crippen LogP contribution < -0.4 is 5.73 Å². The number of hydrogen-bond acceptors (Lipinski definition) is 2. The van der Waals surface area contributed by atoms with Gasteiger partial charge < -0.3 is 5.73 Å². The summed E-state index contributed by atoms with van der Waals surface area (Å²) in [4.78, 5) is 0. The lowest BCUT2D eigenvalue weighted by Crippen LogP contribution is -2.18. The van der Waals surface area contributed by atoms with Crippen molar-refractivity contribution in [2.45, 2.75) is 13.0 Å². The molecule has 1 heterocycles. The molecular weight excluding hydrogens is 285 g/mol. The lowest BCUT2D eigenvalue weighted by Gasteiger charge is -2.14. The van der Waals surface area contributed by atoms with Gasteiger partial charge in [-0.25, -0.2) is 4.39 Å². The van der Waals surface area contributed by atoms with E-state index in [1.807, 2.05) is 6.92 Å². The molecular formula is C12H13BrFN3. The van der Waals surface area contributed by atoms with Crippen LogP contribution in [-0.4, -0.2) is 16.3 Å². The molecule has 0 amide bonds. The van der Waals surface area contributed by atoms with Gasteiger partial charge in [0.1, 0.15) is 5.82 Å². The molecule has 1 aromatic heterocycles. The van der Waals surface area contributed by atoms with Gasteiger partial charge in [-0.2, -0.15) is 5.10 Å². The molecule has 0 saturated heterocycles. The summed E-state index contributed by atoms with van der Waals surface area (Å²) in [5.74, 6) is -0.265. The average molecular weight is 298 g/mol. The van der Waals surface area contributed by atoms with Crippen molar-refractivity contribution < 1.29 is 4.39 Å². The van der Waals surface area contributed by atoms with Crippen molar-refractivity contribution in [1.29, 1.82) is 0 Å². The molecule has 0 aliphatic carbocycles. The van der Waals surface area contributed by atoms with Crippen LogP contribution >= 0.6 is 15.9 Å². The normalized spacial score (nSPS) is 12.7. The van der Waals surface area contributed by atoms with E-state index in [1.54, 1.807) is 29.1 Å². The highest BCUT2D eigenvalue weighted by Gasteiger charge is 2.17. The minimum Gasteiger partial charge on any atom is -0.328 e. The second-order valence-electron chi connectivity index (χ2n) is 3.85. The molecule has 5 heteroatoms. The summed E-state index contributed by atoms with van der Waals surface area (Å²) in [7, 11) is 0. The number of benzene rings is 1. The lowest BCUT2D eigenvalue weighted by atomic mass is 10.1. The fourth-order valence-electron chi connectivity index (χ4n) is 1.68. The van der Waals surface area contributed by atoms with E-state index in [0.29, 0.717) is 12.1 Å². The number of halogens is 2. The fraction of sp³-hybridized carbons (Fsp3) is 0.250. The van der Waals surface area contributed by atoms with E-state index < -0.39 is 0 Å². The topological polar surface area (TPSA) is 43.8 Å². The third kappa shape index (κ3) is 2.25. The van der Waals surface area contributed by atoms with Gasteiger partial charge >= 0.3 is 0 Å². The molecule has 0 fully saturated rings. The first-order chi connectivity index (χ1) is 8.15. The molecule has 1 atom stereocenters. The third-order valence-electron chi connectivity index (χ3n) is 2.64. The van der Waals surface area contributed by atoms with Crippen LogP contribution in [-0.2, 0) is 0 Å². The van der Waals surface area contributed by atoms with Crippen LogP contribution in [0.25, 0.3) is 11.3 Å². The first kappa shape index (κ1) is 12.3. The van der Waals surface area contributed by atoms with Crippen LogP contribution in [0.5, 0.6) is 0 Å². The maximum atomic E-state index is 13.8. The van der Waals surface area contributed by atoms with Gasteiger partial charge in [-0.05, 0) is 35.0 Å². The molecule has 2 N–H and O–H groups in total. The molecule has 0 aliphatic rings. The Balaban J connectivity index is 2.59. The molecule has 17 heavy (non-hydrogen) atoms. The molecule has 0 aliphatic heterocycles. The van der Waals surface area contributed by atoms with E-state index in [4.69, 9.17) is 5.73 Å². The van der Waals surface area contributed by atoms with Gasteiger partial charge in [0.25, 0.3) is 0 Å². The molecule has 0 radical (unpaired) electrons. The Bertz CT molecular complexity index is 524. The third-order valence-corrected chi connectivity index (χ3v) is 3.22. The number of nitrogens with two attached hydrogens (primary N) is 1. The van der Waals surface area contributed by atoms with E-state index in [2.05, 4.69) is 21.0 Å². The molecule has 90 valence electrons. The summed E-state index contributed by atoms with van der Waals surface area (Å²) in [5.41, 5.74) is 6.88. The Kier molecular flexibility index (Phi) is 3.59. The number of aromatic nitrogens is 2. The smallest absolute Gasteiger partial charge is 0.132 e. The van der Waals surface area contributed by atoms with Crippen LogP contribution in [0.3, 0.4) is 0 Å². The summed E-state index contributed by atoms with van der Waals surface area (Å²) in [6, 6.07) is 6.66. The predicted octanol–water partition coefficient (Wildman–Crippen LogP) is 2.97. The zero-order chi connectivity index (χ0) is 12.4. The molecule has 0 spiro atoms. The van der Waals surface area contributed by atoms with Crippen molar-refractivity contribution in [2.24, 2.45) is 5.73 Å². The van der Waals surface area contributed by atoms with Crippen LogP contribution in [0.15, 0.2) is 34.9 Å². The standard InChI is InChI=1S/C12H13BrFN3/c1-8(6-15)17-12(10(13)7-16-17)9-4-2-3-5-11(9)14/h2-5,7-8H,6,15H2,1H3. The van der Waals surface area contributed by atoms with Crippen molar-refractivity contribution >= 4 is 15.9 Å². The van der Waals surface area contributed by atoms with E-state index in [1.165, 1.54) is 6.07 Å². The first-order valence-electron chi connectivity index (χ1n) is 5.33. The molecule has 2 rings (SSSR count). The molecule has 1 unspecified atom stereocenters. The van der Waals surface area contributed by atoms with Crippen molar-refractivity contribution in [3.05, 3.63) is 40.8 Å². The van der Waals surface area contributed by atoms with Gasteiger partial charge in [-0.3, -0.25) is 4.68 Å². The zero-order valence-corrected chi connectivity index (χ0v) is 11.0. The number of nitrogens with zero attached hydrogens (tertiary/aromatic N) is 2. The van der Waals surface area contributed by atoms with Crippen molar-refractivity contribution in [3.8, 4) is 11.3 Å². The van der Waals surface area contributed by atoms with E-state index in [0.717, 1.165) is 10.2 Å². The van der Waals surface area contributed by atoms with Gasteiger partial charge in [0.15, 0.2) is 0 Å². The SMILES string of the molecule is CC(CN)n1ncc(Br)c1-c1ccccc1F. The minimum atomic E-state index is -0.265. The van der Waals surface area contributed by atoms with E-state index >= 15 is 0 Å². The quantitative estimate of drug-likeness (QED) is 0.946. The van der Waals surface area contributed by atoms with Crippen LogP contribution in [0.2, 0.25) is 0 Å². The molecule has 0 bridgehead atoms. The Morgan fingerprint density at radius 3 is 2.82 bits per heavy atom. The van der Waals surface area contributed by atoms with Crippen molar-refractivity contribution in [2.75, 3.05) is 6.54 Å². The highest BCUT2D eigenvalue weighted by atomic mass is 79.9. The number of hydrogen-bond donors (Lipinski definition) is 1. The maximum Gasteiger partial charge on any atom is 0.132 e. The largest absolute Gasteiger partial charge is 0.328 e. The number of rotatable bonds is 3. The monoisotopic (exact) mass is 297 g/mol. The van der Waals surface area contributed by atoms with E-state index in [-0.39, 0.29) is 11.9 Å². The van der Waals surface area contributed by atoms with Crippen LogP contribution in [0, 0.1) is 5.82 Å². The molecule has 1 aromatic carbocycles. The highest BCUT2D eigenvalue weighted by molar-refractivity contribution is 9.10. The van der Waals surface area contributed by atoms with E-state index in [9.17, 15) is 4.39 Å². The van der Waals surface area contributed by atoms with Gasteiger partial charge in [0.2, 0.25) is 0 Å². The molecule has 3 nitrogen and oxygen atoms in total. The van der Waals surface area contributed by atoms with Gasteiger partial charge in [-0.15, -0.1) is 0 Å². The Labute approximate surface area is 108 Å². The fourth-order valence-corrected chi connectivity index (χ4v) is 2.17. The first-order valence-corrected chi connectivity index (χ1v) is 6.12. The summed E-state index contributed by atoms with van der Waals surface area (Å²) < 4.78 is 16.3. The van der Waals surface area contributed by atoms with Crippen molar-refractivity contribution in [3.63, 3.8) is 0 Å².